The molecule has 5 nitrogen and oxygen atoms in total. The summed E-state index contributed by atoms with van der Waals surface area (Å²) < 4.78 is 0. The number of hydrogen-bond acceptors (Lipinski definition) is 3. The molecule has 1 heterocycles. The number of nitrogens with one attached hydrogen (secondary N) is 1. The Morgan fingerprint density at radius 3 is 2.31 bits per heavy atom. The van der Waals surface area contributed by atoms with Crippen molar-refractivity contribution in [2.24, 2.45) is 0 Å². The summed E-state index contributed by atoms with van der Waals surface area (Å²) in [5.74, 6) is -0.368. The molecule has 2 amide bonds. The van der Waals surface area contributed by atoms with Gasteiger partial charge in [-0.25, -0.2) is 0 Å². The lowest BCUT2D eigenvalue weighted by atomic mass is 10.1. The monoisotopic (exact) mass is 351 g/mol. The number of para-hydroxylation sites is 1. The van der Waals surface area contributed by atoms with E-state index in [4.69, 9.17) is 0 Å². The van der Waals surface area contributed by atoms with Gasteiger partial charge in [-0.15, -0.1) is 0 Å². The van der Waals surface area contributed by atoms with E-state index in [1.54, 1.807) is 4.90 Å². The van der Waals surface area contributed by atoms with E-state index in [0.29, 0.717) is 13.1 Å². The van der Waals surface area contributed by atoms with Crippen molar-refractivity contribution in [3.63, 3.8) is 0 Å². The molecule has 1 fully saturated rings. The Bertz CT molecular complexity index is 781. The number of aryl methyl sites for hydroxylation is 2. The molecule has 0 atom stereocenters. The molecule has 2 aromatic rings. The van der Waals surface area contributed by atoms with E-state index < -0.39 is 0 Å². The molecule has 0 saturated carbocycles. The molecule has 1 aliphatic heterocycles. The topological polar surface area (TPSA) is 52.7 Å². The number of amides is 2. The van der Waals surface area contributed by atoms with Gasteiger partial charge in [0.2, 0.25) is 11.8 Å². The minimum absolute atomic E-state index is 0.111. The fraction of sp³-hybridized carbons (Fsp3) is 0.333. The van der Waals surface area contributed by atoms with Crippen molar-refractivity contribution in [2.45, 2.75) is 20.3 Å². The maximum atomic E-state index is 12.4. The van der Waals surface area contributed by atoms with Gasteiger partial charge in [0, 0.05) is 37.6 Å². The third-order valence-corrected chi connectivity index (χ3v) is 4.72. The second-order valence-corrected chi connectivity index (χ2v) is 6.75. The molecule has 0 radical (unpaired) electrons. The van der Waals surface area contributed by atoms with Crippen LogP contribution in [-0.2, 0) is 9.59 Å². The molecule has 136 valence electrons. The first kappa shape index (κ1) is 18.0. The minimum Gasteiger partial charge on any atom is -0.368 e. The van der Waals surface area contributed by atoms with Gasteiger partial charge in [0.05, 0.1) is 0 Å². The van der Waals surface area contributed by atoms with Crippen molar-refractivity contribution in [1.82, 2.24) is 4.90 Å². The Labute approximate surface area is 154 Å². The third-order valence-electron chi connectivity index (χ3n) is 4.72. The highest BCUT2D eigenvalue weighted by Crippen LogP contribution is 2.18. The number of carbonyl (C=O) groups is 2. The lowest BCUT2D eigenvalue weighted by Gasteiger charge is -2.36. The summed E-state index contributed by atoms with van der Waals surface area (Å²) in [6.07, 6.45) is -0.112. The average molecular weight is 351 g/mol. The standard InChI is InChI=1S/C21H25N3O2/c1-16-8-9-19(17(2)14-16)22-20(25)15-21(26)24-12-10-23(11-13-24)18-6-4-3-5-7-18/h3-9,14H,10-13,15H2,1-2H3,(H,22,25). The van der Waals surface area contributed by atoms with Gasteiger partial charge in [-0.1, -0.05) is 35.9 Å². The molecule has 1 N–H and O–H groups in total. The maximum absolute atomic E-state index is 12.4. The first-order chi connectivity index (χ1) is 12.5. The van der Waals surface area contributed by atoms with E-state index in [0.717, 1.165) is 29.9 Å². The summed E-state index contributed by atoms with van der Waals surface area (Å²) in [7, 11) is 0. The molecule has 1 saturated heterocycles. The summed E-state index contributed by atoms with van der Waals surface area (Å²) >= 11 is 0. The zero-order valence-corrected chi connectivity index (χ0v) is 15.4. The fourth-order valence-electron chi connectivity index (χ4n) is 3.25. The molecule has 0 unspecified atom stereocenters. The van der Waals surface area contributed by atoms with Gasteiger partial charge in [0.15, 0.2) is 0 Å². The lowest BCUT2D eigenvalue weighted by molar-refractivity contribution is -0.134. The molecule has 1 aliphatic rings. The quantitative estimate of drug-likeness (QED) is 0.862. The first-order valence-electron chi connectivity index (χ1n) is 8.98. The summed E-state index contributed by atoms with van der Waals surface area (Å²) in [5, 5.41) is 2.85. The molecular formula is C21H25N3O2. The lowest BCUT2D eigenvalue weighted by Crippen LogP contribution is -2.49. The van der Waals surface area contributed by atoms with E-state index in [1.165, 1.54) is 5.69 Å². The van der Waals surface area contributed by atoms with E-state index in [1.807, 2.05) is 50.2 Å². The molecule has 0 aromatic heterocycles. The summed E-state index contributed by atoms with van der Waals surface area (Å²) in [6, 6.07) is 16.0. The summed E-state index contributed by atoms with van der Waals surface area (Å²) in [6.45, 7) is 6.82. The molecule has 5 heteroatoms. The Morgan fingerprint density at radius 2 is 1.65 bits per heavy atom. The predicted octanol–water partition coefficient (Wildman–Crippen LogP) is 2.98. The number of hydrogen-bond donors (Lipinski definition) is 1. The second kappa shape index (κ2) is 8.04. The molecule has 0 spiro atoms. The average Bonchev–Trinajstić information content (AvgIpc) is 2.65. The smallest absolute Gasteiger partial charge is 0.233 e. The molecular weight excluding hydrogens is 326 g/mol. The van der Waals surface area contributed by atoms with Crippen molar-refractivity contribution in [3.8, 4) is 0 Å². The number of carbonyl (C=O) groups excluding carboxylic acids is 2. The van der Waals surface area contributed by atoms with Crippen LogP contribution in [0.4, 0.5) is 11.4 Å². The molecule has 3 rings (SSSR count). The van der Waals surface area contributed by atoms with Gasteiger partial charge in [-0.05, 0) is 37.6 Å². The summed E-state index contributed by atoms with van der Waals surface area (Å²) in [5.41, 5.74) is 4.09. The Balaban J connectivity index is 1.50. The molecule has 26 heavy (non-hydrogen) atoms. The van der Waals surface area contributed by atoms with Crippen LogP contribution in [0, 0.1) is 13.8 Å². The normalized spacial score (nSPS) is 14.2. The van der Waals surface area contributed by atoms with Crippen molar-refractivity contribution >= 4 is 23.2 Å². The molecule has 0 bridgehead atoms. The Hall–Kier alpha value is -2.82. The van der Waals surface area contributed by atoms with Gasteiger partial charge in [-0.2, -0.15) is 0 Å². The van der Waals surface area contributed by atoms with Crippen LogP contribution in [0.15, 0.2) is 48.5 Å². The van der Waals surface area contributed by atoms with E-state index in [2.05, 4.69) is 22.3 Å². The highest BCUT2D eigenvalue weighted by molar-refractivity contribution is 6.03. The fourth-order valence-corrected chi connectivity index (χ4v) is 3.25. The van der Waals surface area contributed by atoms with Crippen LogP contribution in [-0.4, -0.2) is 42.9 Å². The zero-order chi connectivity index (χ0) is 18.5. The maximum Gasteiger partial charge on any atom is 0.233 e. The predicted molar refractivity (Wildman–Crippen MR) is 104 cm³/mol. The van der Waals surface area contributed by atoms with Crippen molar-refractivity contribution < 1.29 is 9.59 Å². The van der Waals surface area contributed by atoms with Gasteiger partial charge in [-0.3, -0.25) is 9.59 Å². The number of rotatable bonds is 4. The van der Waals surface area contributed by atoms with Crippen LogP contribution in [0.25, 0.3) is 0 Å². The van der Waals surface area contributed by atoms with Crippen molar-refractivity contribution in [3.05, 3.63) is 59.7 Å². The van der Waals surface area contributed by atoms with E-state index in [-0.39, 0.29) is 18.2 Å². The van der Waals surface area contributed by atoms with Crippen LogP contribution in [0.5, 0.6) is 0 Å². The second-order valence-electron chi connectivity index (χ2n) is 6.75. The van der Waals surface area contributed by atoms with Crippen LogP contribution in [0.3, 0.4) is 0 Å². The van der Waals surface area contributed by atoms with Crippen molar-refractivity contribution in [2.75, 3.05) is 36.4 Å². The zero-order valence-electron chi connectivity index (χ0n) is 15.4. The van der Waals surface area contributed by atoms with Crippen molar-refractivity contribution in [1.29, 1.82) is 0 Å². The first-order valence-corrected chi connectivity index (χ1v) is 8.98. The van der Waals surface area contributed by atoms with Crippen LogP contribution in [0.2, 0.25) is 0 Å². The van der Waals surface area contributed by atoms with Gasteiger partial charge in [0.1, 0.15) is 6.42 Å². The van der Waals surface area contributed by atoms with Crippen LogP contribution < -0.4 is 10.2 Å². The van der Waals surface area contributed by atoms with E-state index in [9.17, 15) is 9.59 Å². The number of benzene rings is 2. The third kappa shape index (κ3) is 4.42. The van der Waals surface area contributed by atoms with Crippen LogP contribution in [0.1, 0.15) is 17.5 Å². The van der Waals surface area contributed by atoms with Gasteiger partial charge < -0.3 is 15.1 Å². The molecule has 0 aliphatic carbocycles. The number of nitrogens with zero attached hydrogens (tertiary/aromatic N) is 2. The number of anilines is 2. The van der Waals surface area contributed by atoms with E-state index >= 15 is 0 Å². The van der Waals surface area contributed by atoms with Crippen LogP contribution >= 0.6 is 0 Å². The number of piperazine rings is 1. The SMILES string of the molecule is Cc1ccc(NC(=O)CC(=O)N2CCN(c3ccccc3)CC2)c(C)c1. The Kier molecular flexibility index (Phi) is 5.56. The highest BCUT2D eigenvalue weighted by atomic mass is 16.2. The van der Waals surface area contributed by atoms with Gasteiger partial charge in [0.25, 0.3) is 0 Å². The minimum atomic E-state index is -0.257. The van der Waals surface area contributed by atoms with Gasteiger partial charge >= 0.3 is 0 Å². The Morgan fingerprint density at radius 1 is 0.962 bits per heavy atom. The summed E-state index contributed by atoms with van der Waals surface area (Å²) in [4.78, 5) is 28.7. The largest absolute Gasteiger partial charge is 0.368 e. The molecule has 2 aromatic carbocycles. The highest BCUT2D eigenvalue weighted by Gasteiger charge is 2.23.